The predicted molar refractivity (Wildman–Crippen MR) is 128 cm³/mol. The van der Waals surface area contributed by atoms with Crippen LogP contribution in [0.1, 0.15) is 12.8 Å². The molecule has 3 aromatic rings. The van der Waals surface area contributed by atoms with Crippen molar-refractivity contribution in [3.05, 3.63) is 41.2 Å². The molecular weight excluding hydrogens is 452 g/mol. The fourth-order valence-corrected chi connectivity index (χ4v) is 5.49. The van der Waals surface area contributed by atoms with Gasteiger partial charge in [0.25, 0.3) is 0 Å². The molecule has 164 valence electrons. The van der Waals surface area contributed by atoms with Crippen LogP contribution in [0.15, 0.2) is 46.3 Å². The molecule has 2 heterocycles. The van der Waals surface area contributed by atoms with Crippen LogP contribution < -0.4 is 19.0 Å². The quantitative estimate of drug-likeness (QED) is 0.326. The van der Waals surface area contributed by atoms with Gasteiger partial charge in [0.15, 0.2) is 16.3 Å². The van der Waals surface area contributed by atoms with Gasteiger partial charge in [-0.1, -0.05) is 11.3 Å². The van der Waals surface area contributed by atoms with E-state index in [0.29, 0.717) is 6.42 Å². The van der Waals surface area contributed by atoms with E-state index in [9.17, 15) is 4.79 Å². The summed E-state index contributed by atoms with van der Waals surface area (Å²) < 4.78 is 19.4. The molecule has 0 unspecified atom stereocenters. The first-order chi connectivity index (χ1) is 15.2. The fraction of sp³-hybridized carbons (Fsp3) is 0.364. The molecule has 0 N–H and O–H groups in total. The average molecular weight is 477 g/mol. The van der Waals surface area contributed by atoms with Crippen LogP contribution in [0.3, 0.4) is 0 Å². The van der Waals surface area contributed by atoms with Gasteiger partial charge < -0.3 is 18.8 Å². The summed E-state index contributed by atoms with van der Waals surface area (Å²) in [5.74, 6) is 4.07. The molecule has 0 radical (unpaired) electrons. The van der Waals surface area contributed by atoms with Crippen LogP contribution in [0.4, 0.5) is 0 Å². The molecular formula is C22H24N2O4S3. The number of thiazole rings is 1. The molecule has 0 spiro atoms. The van der Waals surface area contributed by atoms with Crippen LogP contribution in [-0.4, -0.2) is 42.1 Å². The van der Waals surface area contributed by atoms with E-state index < -0.39 is 0 Å². The Hall–Kier alpha value is -2.10. The minimum absolute atomic E-state index is 0.0835. The number of hydrogen-bond acceptors (Lipinski definition) is 7. The number of nitrogens with zero attached hydrogens (tertiary/aromatic N) is 2. The highest BCUT2D eigenvalue weighted by molar-refractivity contribution is 7.99. The molecule has 1 aliphatic heterocycles. The van der Waals surface area contributed by atoms with E-state index in [1.54, 1.807) is 30.6 Å². The molecule has 0 aliphatic carbocycles. The van der Waals surface area contributed by atoms with Crippen molar-refractivity contribution in [2.45, 2.75) is 24.3 Å². The number of carbonyl (C=O) groups is 1. The van der Waals surface area contributed by atoms with Gasteiger partial charge in [0.2, 0.25) is 12.7 Å². The fourth-order valence-electron chi connectivity index (χ4n) is 3.19. The highest BCUT2D eigenvalue weighted by atomic mass is 32.2. The number of hydrogen-bond donors (Lipinski definition) is 0. The van der Waals surface area contributed by atoms with E-state index in [4.69, 9.17) is 14.2 Å². The van der Waals surface area contributed by atoms with E-state index in [-0.39, 0.29) is 12.7 Å². The third-order valence-electron chi connectivity index (χ3n) is 4.78. The second kappa shape index (κ2) is 10.5. The summed E-state index contributed by atoms with van der Waals surface area (Å²) in [6.45, 7) is 1.04. The summed E-state index contributed by atoms with van der Waals surface area (Å²) in [5.41, 5.74) is 1.03. The molecule has 4 rings (SSSR count). The third-order valence-corrected chi connectivity index (χ3v) is 7.51. The van der Waals surface area contributed by atoms with E-state index in [0.717, 1.165) is 56.7 Å². The Balaban J connectivity index is 1.43. The zero-order valence-corrected chi connectivity index (χ0v) is 19.9. The van der Waals surface area contributed by atoms with Gasteiger partial charge in [0, 0.05) is 35.7 Å². The van der Waals surface area contributed by atoms with Crippen molar-refractivity contribution in [2.24, 2.45) is 4.99 Å². The summed E-state index contributed by atoms with van der Waals surface area (Å²) in [7, 11) is 1.66. The van der Waals surface area contributed by atoms with E-state index in [1.165, 1.54) is 16.2 Å². The highest BCUT2D eigenvalue weighted by Crippen LogP contribution is 2.37. The lowest BCUT2D eigenvalue weighted by Gasteiger charge is -2.05. The number of rotatable bonds is 9. The molecule has 0 saturated carbocycles. The normalized spacial score (nSPS) is 13.2. The number of amides is 1. The number of methoxy groups -OCH3 is 1. The van der Waals surface area contributed by atoms with E-state index in [2.05, 4.69) is 15.8 Å². The second-order valence-electron chi connectivity index (χ2n) is 6.84. The maximum Gasteiger partial charge on any atom is 0.248 e. The van der Waals surface area contributed by atoms with Crippen molar-refractivity contribution < 1.29 is 19.0 Å². The van der Waals surface area contributed by atoms with Crippen LogP contribution in [0.25, 0.3) is 10.2 Å². The average Bonchev–Trinajstić information content (AvgIpc) is 3.37. The minimum atomic E-state index is -0.0835. The number of thioether (sulfide) groups is 2. The number of aryl methyl sites for hydroxylation is 1. The summed E-state index contributed by atoms with van der Waals surface area (Å²) in [6, 6.07) is 11.9. The molecule has 1 aliphatic rings. The van der Waals surface area contributed by atoms with E-state index >= 15 is 0 Å². The summed E-state index contributed by atoms with van der Waals surface area (Å²) in [4.78, 5) is 18.9. The molecule has 0 saturated heterocycles. The van der Waals surface area contributed by atoms with Crippen LogP contribution in [-0.2, 0) is 11.3 Å². The van der Waals surface area contributed by atoms with Gasteiger partial charge in [-0.2, -0.15) is 16.8 Å². The van der Waals surface area contributed by atoms with Gasteiger partial charge in [-0.25, -0.2) is 0 Å². The summed E-state index contributed by atoms with van der Waals surface area (Å²) in [6.07, 6.45) is 3.29. The van der Waals surface area contributed by atoms with Crippen molar-refractivity contribution in [1.29, 1.82) is 0 Å². The lowest BCUT2D eigenvalue weighted by Crippen LogP contribution is -2.18. The number of carbonyl (C=O) groups excluding carboxylic acids is 1. The first kappa shape index (κ1) is 22.1. The van der Waals surface area contributed by atoms with Gasteiger partial charge in [0.1, 0.15) is 5.75 Å². The molecule has 0 bridgehead atoms. The number of benzene rings is 2. The SMILES string of the molecule is COc1ccc(SCCCC(=O)N=c2sc3cc4c(cc3n2CCSC)OCO4)cc1. The summed E-state index contributed by atoms with van der Waals surface area (Å²) in [5, 5.41) is 0. The van der Waals surface area contributed by atoms with Crippen LogP contribution in [0, 0.1) is 0 Å². The van der Waals surface area contributed by atoms with Crippen LogP contribution in [0.5, 0.6) is 17.2 Å². The first-order valence-electron chi connectivity index (χ1n) is 9.94. The van der Waals surface area contributed by atoms with Crippen molar-refractivity contribution >= 4 is 51.0 Å². The van der Waals surface area contributed by atoms with Gasteiger partial charge >= 0.3 is 0 Å². The predicted octanol–water partition coefficient (Wildman–Crippen LogP) is 4.80. The Morgan fingerprint density at radius 1 is 1.19 bits per heavy atom. The Labute approximate surface area is 193 Å². The standard InChI is InChI=1S/C22H24N2O4S3/c1-26-15-5-7-16(8-6-15)30-10-3-4-21(25)23-22-24(9-11-29-2)17-12-18-19(28-14-27-18)13-20(17)31-22/h5-8,12-13H,3-4,9-11,14H2,1-2H3. The molecule has 0 fully saturated rings. The smallest absolute Gasteiger partial charge is 0.248 e. The Morgan fingerprint density at radius 2 is 1.97 bits per heavy atom. The van der Waals surface area contributed by atoms with Gasteiger partial charge in [-0.15, -0.1) is 11.8 Å². The lowest BCUT2D eigenvalue weighted by molar-refractivity contribution is -0.118. The van der Waals surface area contributed by atoms with Crippen LogP contribution in [0.2, 0.25) is 0 Å². The topological polar surface area (TPSA) is 62.0 Å². The largest absolute Gasteiger partial charge is 0.497 e. The second-order valence-corrected chi connectivity index (χ2v) is 10.00. The highest BCUT2D eigenvalue weighted by Gasteiger charge is 2.18. The monoisotopic (exact) mass is 476 g/mol. The van der Waals surface area contributed by atoms with Crippen LogP contribution >= 0.6 is 34.9 Å². The molecule has 31 heavy (non-hydrogen) atoms. The van der Waals surface area contributed by atoms with Crippen molar-refractivity contribution in [3.8, 4) is 17.2 Å². The lowest BCUT2D eigenvalue weighted by atomic mass is 10.3. The molecule has 2 aromatic carbocycles. The maximum atomic E-state index is 12.6. The van der Waals surface area contributed by atoms with Crippen molar-refractivity contribution in [3.63, 3.8) is 0 Å². The minimum Gasteiger partial charge on any atom is -0.497 e. The first-order valence-corrected chi connectivity index (χ1v) is 13.1. The van der Waals surface area contributed by atoms with Gasteiger partial charge in [0.05, 0.1) is 17.3 Å². The molecule has 6 nitrogen and oxygen atoms in total. The number of ether oxygens (including phenoxy) is 3. The van der Waals surface area contributed by atoms with Crippen molar-refractivity contribution in [1.82, 2.24) is 4.57 Å². The molecule has 9 heteroatoms. The zero-order valence-electron chi connectivity index (χ0n) is 17.5. The molecule has 1 amide bonds. The van der Waals surface area contributed by atoms with Gasteiger partial charge in [-0.3, -0.25) is 4.79 Å². The maximum absolute atomic E-state index is 12.6. The number of fused-ring (bicyclic) bond motifs is 2. The van der Waals surface area contributed by atoms with Crippen molar-refractivity contribution in [2.75, 3.05) is 31.7 Å². The zero-order chi connectivity index (χ0) is 21.6. The van der Waals surface area contributed by atoms with E-state index in [1.807, 2.05) is 36.4 Å². The Kier molecular flexibility index (Phi) is 7.47. The summed E-state index contributed by atoms with van der Waals surface area (Å²) >= 11 is 5.03. The molecule has 1 aromatic heterocycles. The Morgan fingerprint density at radius 3 is 2.71 bits per heavy atom. The Bertz CT molecular complexity index is 1120. The van der Waals surface area contributed by atoms with Gasteiger partial charge in [-0.05, 0) is 42.7 Å². The molecule has 0 atom stereocenters. The third kappa shape index (κ3) is 5.39. The number of aromatic nitrogens is 1.